The van der Waals surface area contributed by atoms with Crippen LogP contribution >= 0.6 is 0 Å². The van der Waals surface area contributed by atoms with Gasteiger partial charge in [0.25, 0.3) is 0 Å². The molecule has 0 bridgehead atoms. The fourth-order valence-electron chi connectivity index (χ4n) is 1.43. The van der Waals surface area contributed by atoms with E-state index in [0.29, 0.717) is 10.6 Å². The lowest BCUT2D eigenvalue weighted by Gasteiger charge is -2.17. The molecule has 0 aromatic heterocycles. The summed E-state index contributed by atoms with van der Waals surface area (Å²) in [6.07, 6.45) is 0. The van der Waals surface area contributed by atoms with E-state index in [1.54, 1.807) is 45.3 Å². The quantitative estimate of drug-likeness (QED) is 0.892. The van der Waals surface area contributed by atoms with Gasteiger partial charge in [0.15, 0.2) is 0 Å². The molecular formula is C11H19N3O3S2. The number of nitrogens with zero attached hydrogens (tertiary/aromatic N) is 2. The van der Waals surface area contributed by atoms with Crippen LogP contribution in [0.15, 0.2) is 33.5 Å². The van der Waals surface area contributed by atoms with Crippen molar-refractivity contribution in [1.29, 1.82) is 0 Å². The van der Waals surface area contributed by atoms with Crippen LogP contribution in [0.2, 0.25) is 0 Å². The van der Waals surface area contributed by atoms with Crippen LogP contribution in [0.4, 0.5) is 5.69 Å². The molecule has 1 aromatic rings. The third kappa shape index (κ3) is 3.68. The van der Waals surface area contributed by atoms with Crippen LogP contribution in [0.3, 0.4) is 0 Å². The molecule has 0 fully saturated rings. The maximum atomic E-state index is 12.5. The highest BCUT2D eigenvalue weighted by Crippen LogP contribution is 2.19. The maximum Gasteiger partial charge on any atom is 0.232 e. The molecule has 1 N–H and O–H groups in total. The molecule has 1 unspecified atom stereocenters. The molecule has 0 saturated carbocycles. The fraction of sp³-hybridized carbons (Fsp3) is 0.455. The molecule has 1 rings (SSSR count). The average Bonchev–Trinajstić information content (AvgIpc) is 2.38. The molecular weight excluding hydrogens is 286 g/mol. The van der Waals surface area contributed by atoms with Gasteiger partial charge < -0.3 is 0 Å². The summed E-state index contributed by atoms with van der Waals surface area (Å²) in [5.74, 6) is 0.00743. The smallest absolute Gasteiger partial charge is 0.232 e. The van der Waals surface area contributed by atoms with Gasteiger partial charge in [-0.3, -0.25) is 4.72 Å². The highest BCUT2D eigenvalue weighted by atomic mass is 32.2. The first-order chi connectivity index (χ1) is 8.75. The third-order valence-corrected chi connectivity index (χ3v) is 6.24. The van der Waals surface area contributed by atoms with Gasteiger partial charge in [-0.05, 0) is 31.2 Å². The minimum atomic E-state index is -3.30. The molecule has 1 aromatic carbocycles. The number of hydrogen-bond donors (Lipinski definition) is 1. The van der Waals surface area contributed by atoms with Gasteiger partial charge in [0.05, 0.1) is 10.6 Å². The molecule has 0 aliphatic rings. The summed E-state index contributed by atoms with van der Waals surface area (Å²) in [7, 11) is -1.04. The Balaban J connectivity index is 3.11. The molecule has 0 radical (unpaired) electrons. The Hall–Kier alpha value is -1.12. The summed E-state index contributed by atoms with van der Waals surface area (Å²) in [6, 6.07) is 6.39. The van der Waals surface area contributed by atoms with Crippen LogP contribution in [-0.4, -0.2) is 43.8 Å². The molecule has 0 spiro atoms. The Labute approximate surface area is 115 Å². The highest BCUT2D eigenvalue weighted by Gasteiger charge is 2.14. The Kier molecular flexibility index (Phi) is 4.94. The van der Waals surface area contributed by atoms with Gasteiger partial charge in [-0.15, -0.1) is 0 Å². The van der Waals surface area contributed by atoms with Gasteiger partial charge in [0.1, 0.15) is 9.92 Å². The summed E-state index contributed by atoms with van der Waals surface area (Å²) < 4.78 is 43.3. The summed E-state index contributed by atoms with van der Waals surface area (Å²) in [5, 5.41) is 0. The number of nitrogens with one attached hydrogen (secondary N) is 1. The van der Waals surface area contributed by atoms with Crippen LogP contribution in [0, 0.1) is 0 Å². The Bertz CT molecular complexity index is 642. The van der Waals surface area contributed by atoms with Crippen molar-refractivity contribution in [3.05, 3.63) is 24.3 Å². The first kappa shape index (κ1) is 15.9. The van der Waals surface area contributed by atoms with E-state index in [4.69, 9.17) is 0 Å². The van der Waals surface area contributed by atoms with Crippen LogP contribution in [0.1, 0.15) is 6.92 Å². The lowest BCUT2D eigenvalue weighted by atomic mass is 10.3. The van der Waals surface area contributed by atoms with Crippen LogP contribution < -0.4 is 4.72 Å². The van der Waals surface area contributed by atoms with Crippen molar-refractivity contribution in [2.24, 2.45) is 4.36 Å². The highest BCUT2D eigenvalue weighted by molar-refractivity contribution is 7.92. The zero-order chi connectivity index (χ0) is 14.7. The van der Waals surface area contributed by atoms with Gasteiger partial charge >= 0.3 is 0 Å². The van der Waals surface area contributed by atoms with Gasteiger partial charge in [0.2, 0.25) is 10.0 Å². The van der Waals surface area contributed by atoms with E-state index in [1.165, 1.54) is 11.4 Å². The van der Waals surface area contributed by atoms with Crippen molar-refractivity contribution in [2.45, 2.75) is 11.8 Å². The summed E-state index contributed by atoms with van der Waals surface area (Å²) in [4.78, 5) is 0.541. The predicted octanol–water partition coefficient (Wildman–Crippen LogP) is 1.38. The van der Waals surface area contributed by atoms with Crippen molar-refractivity contribution in [3.8, 4) is 0 Å². The molecule has 0 aliphatic carbocycles. The molecule has 0 heterocycles. The van der Waals surface area contributed by atoms with Gasteiger partial charge in [-0.25, -0.2) is 21.3 Å². The zero-order valence-corrected chi connectivity index (χ0v) is 13.1. The molecule has 0 amide bonds. The van der Waals surface area contributed by atoms with E-state index in [9.17, 15) is 12.6 Å². The minimum absolute atomic E-state index is 0.00743. The van der Waals surface area contributed by atoms with Crippen LogP contribution in [-0.2, 0) is 19.9 Å². The number of benzene rings is 1. The third-order valence-electron chi connectivity index (χ3n) is 2.56. The largest absolute Gasteiger partial charge is 0.284 e. The van der Waals surface area contributed by atoms with E-state index >= 15 is 0 Å². The second kappa shape index (κ2) is 5.89. The zero-order valence-electron chi connectivity index (χ0n) is 11.5. The lowest BCUT2D eigenvalue weighted by molar-refractivity contribution is 0.591. The molecule has 108 valence electrons. The molecule has 1 atom stereocenters. The molecule has 8 heteroatoms. The normalized spacial score (nSPS) is 15.0. The van der Waals surface area contributed by atoms with E-state index in [2.05, 4.69) is 9.08 Å². The number of anilines is 1. The molecule has 0 saturated heterocycles. The van der Waals surface area contributed by atoms with Crippen molar-refractivity contribution >= 4 is 25.6 Å². The second-order valence-corrected chi connectivity index (χ2v) is 8.59. The number of sulfonamides is 1. The molecule has 19 heavy (non-hydrogen) atoms. The van der Waals surface area contributed by atoms with Crippen LogP contribution in [0.25, 0.3) is 0 Å². The van der Waals surface area contributed by atoms with Crippen molar-refractivity contribution in [2.75, 3.05) is 31.6 Å². The summed E-state index contributed by atoms with van der Waals surface area (Å²) in [6.45, 7) is 1.56. The Morgan fingerprint density at radius 2 is 1.68 bits per heavy atom. The maximum absolute atomic E-state index is 12.5. The van der Waals surface area contributed by atoms with Gasteiger partial charge in [-0.2, -0.15) is 0 Å². The Morgan fingerprint density at radius 1 is 1.16 bits per heavy atom. The minimum Gasteiger partial charge on any atom is -0.284 e. The fourth-order valence-corrected chi connectivity index (χ4v) is 3.52. The first-order valence-electron chi connectivity index (χ1n) is 5.68. The number of rotatable bonds is 5. The van der Waals surface area contributed by atoms with Gasteiger partial charge in [0, 0.05) is 26.8 Å². The van der Waals surface area contributed by atoms with E-state index in [-0.39, 0.29) is 5.75 Å². The van der Waals surface area contributed by atoms with Gasteiger partial charge in [-0.1, -0.05) is 0 Å². The summed E-state index contributed by atoms with van der Waals surface area (Å²) in [5.41, 5.74) is 0.446. The second-order valence-electron chi connectivity index (χ2n) is 4.02. The van der Waals surface area contributed by atoms with Crippen LogP contribution in [0.5, 0.6) is 0 Å². The van der Waals surface area contributed by atoms with Crippen molar-refractivity contribution in [1.82, 2.24) is 4.31 Å². The monoisotopic (exact) mass is 305 g/mol. The SMILES string of the molecule is CCS(=O)(=O)Nc1ccc(S(=O)(=NC)N(C)C)cc1. The predicted molar refractivity (Wildman–Crippen MR) is 78.0 cm³/mol. The molecule has 6 nitrogen and oxygen atoms in total. The topological polar surface area (TPSA) is 78.8 Å². The average molecular weight is 305 g/mol. The lowest BCUT2D eigenvalue weighted by Crippen LogP contribution is -2.22. The Morgan fingerprint density at radius 3 is 2.05 bits per heavy atom. The summed E-state index contributed by atoms with van der Waals surface area (Å²) >= 11 is 0. The van der Waals surface area contributed by atoms with Crippen molar-refractivity contribution in [3.63, 3.8) is 0 Å². The van der Waals surface area contributed by atoms with E-state index in [1.807, 2.05) is 0 Å². The number of hydrogen-bond acceptors (Lipinski definition) is 4. The first-order valence-corrected chi connectivity index (χ1v) is 8.81. The van der Waals surface area contributed by atoms with E-state index in [0.717, 1.165) is 0 Å². The van der Waals surface area contributed by atoms with Crippen molar-refractivity contribution < 1.29 is 12.6 Å². The van der Waals surface area contributed by atoms with E-state index < -0.39 is 19.9 Å². The molecule has 0 aliphatic heterocycles. The standard InChI is InChI=1S/C11H19N3O3S2/c1-5-18(15,16)13-10-6-8-11(9-7-10)19(17,12-2)14(3)4/h6-9,13H,5H2,1-4H3.